The maximum Gasteiger partial charge on any atom is 0.269 e. The van der Waals surface area contributed by atoms with E-state index in [1.807, 2.05) is 61.7 Å². The second-order valence-corrected chi connectivity index (χ2v) is 6.38. The number of hydrogen-bond donors (Lipinski definition) is 0. The quantitative estimate of drug-likeness (QED) is 0.276. The van der Waals surface area contributed by atoms with Crippen LogP contribution in [0.5, 0.6) is 5.75 Å². The molecule has 0 unspecified atom stereocenters. The molecule has 3 aromatic rings. The fourth-order valence-electron chi connectivity index (χ4n) is 3.34. The standard InChI is InChI=1S/C22H18N2O3/c1-2-27-20-7-3-15(4-8-20)14-23-18-5-9-21-16(12-18)11-17-13-19(24(25)26)6-10-22(17)21/h3-10,12-14H,2,11H2,1H3. The summed E-state index contributed by atoms with van der Waals surface area (Å²) in [5.41, 5.74) is 6.33. The lowest BCUT2D eigenvalue weighted by Crippen LogP contribution is -1.91. The minimum Gasteiger partial charge on any atom is -0.494 e. The molecule has 0 spiro atoms. The van der Waals surface area contributed by atoms with Crippen LogP contribution in [0, 0.1) is 10.1 Å². The van der Waals surface area contributed by atoms with E-state index in [-0.39, 0.29) is 10.6 Å². The van der Waals surface area contributed by atoms with Gasteiger partial charge in [0.2, 0.25) is 0 Å². The number of aliphatic imine (C=N–C) groups is 1. The first-order chi connectivity index (χ1) is 13.1. The van der Waals surface area contributed by atoms with Crippen LogP contribution < -0.4 is 4.74 Å². The first-order valence-corrected chi connectivity index (χ1v) is 8.81. The van der Waals surface area contributed by atoms with E-state index in [0.717, 1.165) is 39.3 Å². The monoisotopic (exact) mass is 358 g/mol. The number of hydrogen-bond acceptors (Lipinski definition) is 4. The van der Waals surface area contributed by atoms with Crippen LogP contribution in [0.4, 0.5) is 11.4 Å². The first-order valence-electron chi connectivity index (χ1n) is 8.81. The summed E-state index contributed by atoms with van der Waals surface area (Å²) in [6, 6.07) is 18.9. The van der Waals surface area contributed by atoms with Gasteiger partial charge in [0, 0.05) is 18.3 Å². The fourth-order valence-corrected chi connectivity index (χ4v) is 3.34. The Hall–Kier alpha value is -3.47. The number of rotatable bonds is 5. The summed E-state index contributed by atoms with van der Waals surface area (Å²) < 4.78 is 5.44. The average molecular weight is 358 g/mol. The molecule has 0 amide bonds. The molecule has 0 saturated heterocycles. The Morgan fingerprint density at radius 3 is 2.44 bits per heavy atom. The van der Waals surface area contributed by atoms with Crippen molar-refractivity contribution < 1.29 is 9.66 Å². The number of benzene rings is 3. The van der Waals surface area contributed by atoms with Crippen LogP contribution in [-0.4, -0.2) is 17.7 Å². The second kappa shape index (κ2) is 7.03. The summed E-state index contributed by atoms with van der Waals surface area (Å²) in [6.07, 6.45) is 2.52. The molecule has 1 aliphatic carbocycles. The first kappa shape index (κ1) is 17.0. The molecule has 0 radical (unpaired) electrons. The van der Waals surface area contributed by atoms with Crippen molar-refractivity contribution in [3.05, 3.63) is 87.5 Å². The lowest BCUT2D eigenvalue weighted by Gasteiger charge is -2.03. The largest absolute Gasteiger partial charge is 0.494 e. The molecule has 3 aromatic carbocycles. The van der Waals surface area contributed by atoms with Gasteiger partial charge in [0.1, 0.15) is 5.75 Å². The zero-order valence-corrected chi connectivity index (χ0v) is 14.9. The minimum absolute atomic E-state index is 0.135. The highest BCUT2D eigenvalue weighted by atomic mass is 16.6. The van der Waals surface area contributed by atoms with E-state index in [4.69, 9.17) is 4.74 Å². The van der Waals surface area contributed by atoms with Gasteiger partial charge in [-0.25, -0.2) is 0 Å². The van der Waals surface area contributed by atoms with Crippen LogP contribution in [-0.2, 0) is 6.42 Å². The number of nitrogens with zero attached hydrogens (tertiary/aromatic N) is 2. The SMILES string of the molecule is CCOc1ccc(C=Nc2ccc3c(c2)Cc2cc([N+](=O)[O-])ccc2-3)cc1. The number of nitro groups is 1. The highest BCUT2D eigenvalue weighted by molar-refractivity contribution is 5.84. The highest BCUT2D eigenvalue weighted by Crippen LogP contribution is 2.39. The van der Waals surface area contributed by atoms with Crippen molar-refractivity contribution in [1.82, 2.24) is 0 Å². The van der Waals surface area contributed by atoms with Crippen molar-refractivity contribution in [3.63, 3.8) is 0 Å². The average Bonchev–Trinajstić information content (AvgIpc) is 3.04. The van der Waals surface area contributed by atoms with Gasteiger partial charge in [-0.1, -0.05) is 6.07 Å². The summed E-state index contributed by atoms with van der Waals surface area (Å²) in [5.74, 6) is 0.846. The summed E-state index contributed by atoms with van der Waals surface area (Å²) in [7, 11) is 0. The minimum atomic E-state index is -0.351. The third kappa shape index (κ3) is 3.44. The Labute approximate surface area is 157 Å². The summed E-state index contributed by atoms with van der Waals surface area (Å²) in [4.78, 5) is 15.2. The van der Waals surface area contributed by atoms with Crippen LogP contribution in [0.2, 0.25) is 0 Å². The van der Waals surface area contributed by atoms with Crippen LogP contribution >= 0.6 is 0 Å². The van der Waals surface area contributed by atoms with E-state index in [2.05, 4.69) is 4.99 Å². The molecule has 134 valence electrons. The van der Waals surface area contributed by atoms with Gasteiger partial charge < -0.3 is 4.74 Å². The Morgan fingerprint density at radius 2 is 1.74 bits per heavy atom. The molecule has 0 saturated carbocycles. The molecule has 0 bridgehead atoms. The normalized spacial score (nSPS) is 12.0. The maximum absolute atomic E-state index is 11.0. The van der Waals surface area contributed by atoms with Gasteiger partial charge in [-0.05, 0) is 83.6 Å². The molecule has 0 aromatic heterocycles. The van der Waals surface area contributed by atoms with E-state index >= 15 is 0 Å². The van der Waals surface area contributed by atoms with E-state index in [9.17, 15) is 10.1 Å². The van der Waals surface area contributed by atoms with Crippen molar-refractivity contribution in [1.29, 1.82) is 0 Å². The molecular formula is C22H18N2O3. The Kier molecular flexibility index (Phi) is 4.42. The Morgan fingerprint density at radius 1 is 1.04 bits per heavy atom. The predicted molar refractivity (Wildman–Crippen MR) is 106 cm³/mol. The molecule has 0 aliphatic heterocycles. The molecule has 0 N–H and O–H groups in total. The van der Waals surface area contributed by atoms with Crippen molar-refractivity contribution in [2.75, 3.05) is 6.61 Å². The summed E-state index contributed by atoms with van der Waals surface area (Å²) in [6.45, 7) is 2.60. The lowest BCUT2D eigenvalue weighted by atomic mass is 10.1. The molecule has 1 aliphatic rings. The molecule has 5 heteroatoms. The van der Waals surface area contributed by atoms with Crippen molar-refractivity contribution in [2.45, 2.75) is 13.3 Å². The molecule has 4 rings (SSSR count). The van der Waals surface area contributed by atoms with Gasteiger partial charge in [0.05, 0.1) is 17.2 Å². The number of ether oxygens (including phenoxy) is 1. The van der Waals surface area contributed by atoms with Crippen LogP contribution in [0.25, 0.3) is 11.1 Å². The molecule has 0 atom stereocenters. The van der Waals surface area contributed by atoms with Gasteiger partial charge in [-0.2, -0.15) is 0 Å². The molecule has 0 heterocycles. The van der Waals surface area contributed by atoms with Gasteiger partial charge in [-0.15, -0.1) is 0 Å². The van der Waals surface area contributed by atoms with Gasteiger partial charge in [0.25, 0.3) is 5.69 Å². The topological polar surface area (TPSA) is 64.7 Å². The zero-order chi connectivity index (χ0) is 18.8. The van der Waals surface area contributed by atoms with Crippen LogP contribution in [0.1, 0.15) is 23.6 Å². The summed E-state index contributed by atoms with van der Waals surface area (Å²) in [5, 5.41) is 11.0. The fraction of sp³-hybridized carbons (Fsp3) is 0.136. The van der Waals surface area contributed by atoms with E-state index < -0.39 is 0 Å². The van der Waals surface area contributed by atoms with E-state index in [1.165, 1.54) is 0 Å². The van der Waals surface area contributed by atoms with E-state index in [0.29, 0.717) is 13.0 Å². The highest BCUT2D eigenvalue weighted by Gasteiger charge is 2.21. The summed E-state index contributed by atoms with van der Waals surface area (Å²) >= 11 is 0. The predicted octanol–water partition coefficient (Wildman–Crippen LogP) is 5.32. The Balaban J connectivity index is 1.55. The van der Waals surface area contributed by atoms with Gasteiger partial charge in [-0.3, -0.25) is 15.1 Å². The molecule has 0 fully saturated rings. The van der Waals surface area contributed by atoms with Crippen molar-refractivity contribution in [2.24, 2.45) is 4.99 Å². The lowest BCUT2D eigenvalue weighted by molar-refractivity contribution is -0.384. The third-order valence-electron chi connectivity index (χ3n) is 4.61. The van der Waals surface area contributed by atoms with Crippen molar-refractivity contribution >= 4 is 17.6 Å². The molecule has 27 heavy (non-hydrogen) atoms. The van der Waals surface area contributed by atoms with Crippen LogP contribution in [0.15, 0.2) is 65.7 Å². The van der Waals surface area contributed by atoms with E-state index in [1.54, 1.807) is 12.1 Å². The van der Waals surface area contributed by atoms with Crippen LogP contribution in [0.3, 0.4) is 0 Å². The number of non-ortho nitro benzene ring substituents is 1. The molecular weight excluding hydrogens is 340 g/mol. The molecule has 5 nitrogen and oxygen atoms in total. The zero-order valence-electron chi connectivity index (χ0n) is 14.9. The smallest absolute Gasteiger partial charge is 0.269 e. The van der Waals surface area contributed by atoms with Gasteiger partial charge >= 0.3 is 0 Å². The van der Waals surface area contributed by atoms with Gasteiger partial charge in [0.15, 0.2) is 0 Å². The second-order valence-electron chi connectivity index (χ2n) is 6.38. The Bertz CT molecular complexity index is 1040. The maximum atomic E-state index is 11.0. The number of fused-ring (bicyclic) bond motifs is 3. The third-order valence-corrected chi connectivity index (χ3v) is 4.61. The number of nitro benzene ring substituents is 1. The van der Waals surface area contributed by atoms with Crippen molar-refractivity contribution in [3.8, 4) is 16.9 Å².